The van der Waals surface area contributed by atoms with Crippen molar-refractivity contribution in [3.63, 3.8) is 0 Å². The Kier molecular flexibility index (Phi) is 8.20. The van der Waals surface area contributed by atoms with Crippen molar-refractivity contribution in [2.45, 2.75) is 39.5 Å². The van der Waals surface area contributed by atoms with Gasteiger partial charge in [0.15, 0.2) is 0 Å². The van der Waals surface area contributed by atoms with Gasteiger partial charge in [-0.2, -0.15) is 0 Å². The Balaban J connectivity index is 1.27. The third-order valence-electron chi connectivity index (χ3n) is 6.76. The van der Waals surface area contributed by atoms with Gasteiger partial charge in [-0.05, 0) is 56.2 Å². The Bertz CT molecular complexity index is 1080. The molecular formula is C26H34N4O4S. The number of fused-ring (bicyclic) bond motifs is 1. The summed E-state index contributed by atoms with van der Waals surface area (Å²) in [7, 11) is 1.38. The van der Waals surface area contributed by atoms with Crippen LogP contribution in [0, 0.1) is 13.8 Å². The fourth-order valence-electron chi connectivity index (χ4n) is 4.84. The van der Waals surface area contributed by atoms with Crippen LogP contribution >= 0.6 is 11.3 Å². The molecular weight excluding hydrogens is 464 g/mol. The molecule has 0 atom stereocenters. The van der Waals surface area contributed by atoms with Crippen LogP contribution in [-0.4, -0.2) is 74.0 Å². The third kappa shape index (κ3) is 6.09. The highest BCUT2D eigenvalue weighted by Gasteiger charge is 2.28. The molecule has 35 heavy (non-hydrogen) atoms. The number of aryl methyl sites for hydroxylation is 3. The van der Waals surface area contributed by atoms with Gasteiger partial charge in [-0.25, -0.2) is 4.79 Å². The van der Waals surface area contributed by atoms with Crippen LogP contribution in [0.3, 0.4) is 0 Å². The molecule has 0 radical (unpaired) electrons. The highest BCUT2D eigenvalue weighted by molar-refractivity contribution is 7.17. The van der Waals surface area contributed by atoms with E-state index in [2.05, 4.69) is 20.4 Å². The van der Waals surface area contributed by atoms with Crippen molar-refractivity contribution in [1.82, 2.24) is 9.80 Å². The van der Waals surface area contributed by atoms with Crippen molar-refractivity contribution in [1.29, 1.82) is 0 Å². The van der Waals surface area contributed by atoms with Gasteiger partial charge < -0.3 is 15.4 Å². The van der Waals surface area contributed by atoms with Gasteiger partial charge in [0.1, 0.15) is 5.00 Å². The summed E-state index contributed by atoms with van der Waals surface area (Å²) in [5.74, 6) is -0.534. The van der Waals surface area contributed by atoms with Gasteiger partial charge in [0.05, 0.1) is 25.8 Å². The summed E-state index contributed by atoms with van der Waals surface area (Å²) in [5.41, 5.74) is 4.55. The number of carbonyl (C=O) groups excluding carboxylic acids is 3. The van der Waals surface area contributed by atoms with E-state index in [-0.39, 0.29) is 24.3 Å². The summed E-state index contributed by atoms with van der Waals surface area (Å²) >= 11 is 1.50. The number of ether oxygens (including phenoxy) is 1. The second-order valence-corrected chi connectivity index (χ2v) is 10.4. The van der Waals surface area contributed by atoms with Crippen LogP contribution in [0.4, 0.5) is 10.7 Å². The summed E-state index contributed by atoms with van der Waals surface area (Å²) < 4.78 is 4.99. The molecule has 2 aromatic rings. The SMILES string of the molecule is COC(=O)c1c(NC(=O)CN2CCN(CC(=O)Nc3c(C)cccc3C)CC2)sc2c1CCCC2. The Hall–Kier alpha value is -2.75. The van der Waals surface area contributed by atoms with Crippen molar-refractivity contribution in [3.8, 4) is 0 Å². The lowest BCUT2D eigenvalue weighted by Gasteiger charge is -2.33. The quantitative estimate of drug-likeness (QED) is 0.570. The first kappa shape index (κ1) is 25.3. The van der Waals surface area contributed by atoms with Crippen molar-refractivity contribution in [2.24, 2.45) is 0 Å². The molecule has 2 aliphatic rings. The van der Waals surface area contributed by atoms with E-state index < -0.39 is 0 Å². The molecule has 1 saturated heterocycles. The van der Waals surface area contributed by atoms with Crippen molar-refractivity contribution in [2.75, 3.05) is 57.0 Å². The van der Waals surface area contributed by atoms with Crippen LogP contribution in [-0.2, 0) is 27.2 Å². The number of hydrogen-bond donors (Lipinski definition) is 2. The molecule has 9 heteroatoms. The number of amides is 2. The first-order valence-electron chi connectivity index (χ1n) is 12.2. The van der Waals surface area contributed by atoms with Crippen LogP contribution < -0.4 is 10.6 Å². The number of rotatable bonds is 7. The molecule has 0 bridgehead atoms. The largest absolute Gasteiger partial charge is 0.465 e. The van der Waals surface area contributed by atoms with Crippen LogP contribution in [0.5, 0.6) is 0 Å². The number of esters is 1. The Labute approximate surface area is 210 Å². The van der Waals surface area contributed by atoms with Gasteiger partial charge in [0.25, 0.3) is 0 Å². The normalized spacial score (nSPS) is 16.4. The van der Waals surface area contributed by atoms with E-state index in [4.69, 9.17) is 4.74 Å². The zero-order valence-electron chi connectivity index (χ0n) is 20.7. The third-order valence-corrected chi connectivity index (χ3v) is 7.97. The van der Waals surface area contributed by atoms with Crippen LogP contribution in [0.2, 0.25) is 0 Å². The van der Waals surface area contributed by atoms with Gasteiger partial charge in [-0.3, -0.25) is 19.4 Å². The smallest absolute Gasteiger partial charge is 0.341 e. The lowest BCUT2D eigenvalue weighted by molar-refractivity contribution is -0.120. The number of methoxy groups -OCH3 is 1. The maximum Gasteiger partial charge on any atom is 0.341 e. The molecule has 0 saturated carbocycles. The molecule has 4 rings (SSSR count). The van der Waals surface area contributed by atoms with E-state index in [0.29, 0.717) is 43.3 Å². The van der Waals surface area contributed by atoms with E-state index in [1.807, 2.05) is 32.0 Å². The Morgan fingerprint density at radius 1 is 0.914 bits per heavy atom. The number of thiophene rings is 1. The van der Waals surface area contributed by atoms with E-state index in [1.165, 1.54) is 23.3 Å². The second kappa shape index (κ2) is 11.3. The van der Waals surface area contributed by atoms with Crippen molar-refractivity contribution in [3.05, 3.63) is 45.3 Å². The molecule has 2 heterocycles. The number of benzene rings is 1. The monoisotopic (exact) mass is 498 g/mol. The molecule has 8 nitrogen and oxygen atoms in total. The Morgan fingerprint density at radius 3 is 2.09 bits per heavy atom. The van der Waals surface area contributed by atoms with E-state index >= 15 is 0 Å². The minimum atomic E-state index is -0.382. The van der Waals surface area contributed by atoms with Gasteiger partial charge in [0.2, 0.25) is 11.8 Å². The zero-order chi connectivity index (χ0) is 24.9. The Morgan fingerprint density at radius 2 is 1.49 bits per heavy atom. The minimum Gasteiger partial charge on any atom is -0.465 e. The zero-order valence-corrected chi connectivity index (χ0v) is 21.6. The van der Waals surface area contributed by atoms with E-state index in [9.17, 15) is 14.4 Å². The number of nitrogens with one attached hydrogen (secondary N) is 2. The highest BCUT2D eigenvalue weighted by Crippen LogP contribution is 2.38. The molecule has 2 N–H and O–H groups in total. The lowest BCUT2D eigenvalue weighted by Crippen LogP contribution is -2.50. The highest BCUT2D eigenvalue weighted by atomic mass is 32.1. The molecule has 1 aromatic carbocycles. The molecule has 1 aliphatic heterocycles. The summed E-state index contributed by atoms with van der Waals surface area (Å²) in [6, 6.07) is 5.97. The van der Waals surface area contributed by atoms with Gasteiger partial charge in [-0.1, -0.05) is 18.2 Å². The van der Waals surface area contributed by atoms with E-state index in [0.717, 1.165) is 48.1 Å². The predicted octanol–water partition coefficient (Wildman–Crippen LogP) is 3.23. The van der Waals surface area contributed by atoms with E-state index in [1.54, 1.807) is 0 Å². The standard InChI is InChI=1S/C26H34N4O4S/c1-17-7-6-8-18(2)24(17)27-21(31)15-29-11-13-30(14-12-29)16-22(32)28-25-23(26(33)34-3)19-9-4-5-10-20(19)35-25/h6-8H,4-5,9-16H2,1-3H3,(H,27,31)(H,28,32). The average molecular weight is 499 g/mol. The topological polar surface area (TPSA) is 91.0 Å². The van der Waals surface area contributed by atoms with Crippen LogP contribution in [0.25, 0.3) is 0 Å². The lowest BCUT2D eigenvalue weighted by atomic mass is 9.95. The molecule has 0 unspecified atom stereocenters. The average Bonchev–Trinajstić information content (AvgIpc) is 3.20. The molecule has 2 amide bonds. The van der Waals surface area contributed by atoms with Gasteiger partial charge >= 0.3 is 5.97 Å². The summed E-state index contributed by atoms with van der Waals surface area (Å²) in [5, 5.41) is 6.62. The van der Waals surface area contributed by atoms with Gasteiger partial charge in [0, 0.05) is 36.7 Å². The maximum atomic E-state index is 12.8. The summed E-state index contributed by atoms with van der Waals surface area (Å²) in [4.78, 5) is 43.2. The fourth-order valence-corrected chi connectivity index (χ4v) is 6.13. The van der Waals surface area contributed by atoms with Crippen molar-refractivity contribution >= 4 is 39.8 Å². The summed E-state index contributed by atoms with van der Waals surface area (Å²) in [6.07, 6.45) is 3.95. The first-order chi connectivity index (χ1) is 16.9. The first-order valence-corrected chi connectivity index (χ1v) is 13.0. The molecule has 188 valence electrons. The molecule has 0 spiro atoms. The number of nitrogens with zero attached hydrogens (tertiary/aromatic N) is 2. The number of hydrogen-bond acceptors (Lipinski definition) is 7. The number of anilines is 2. The molecule has 1 aromatic heterocycles. The van der Waals surface area contributed by atoms with Crippen molar-refractivity contribution < 1.29 is 19.1 Å². The number of carbonyl (C=O) groups is 3. The minimum absolute atomic E-state index is 0.0226. The van der Waals surface area contributed by atoms with Crippen LogP contribution in [0.1, 0.15) is 44.8 Å². The number of para-hydroxylation sites is 1. The summed E-state index contributed by atoms with van der Waals surface area (Å²) in [6.45, 7) is 7.41. The predicted molar refractivity (Wildman–Crippen MR) is 138 cm³/mol. The second-order valence-electron chi connectivity index (χ2n) is 9.32. The molecule has 1 fully saturated rings. The van der Waals surface area contributed by atoms with Gasteiger partial charge in [-0.15, -0.1) is 11.3 Å². The maximum absolute atomic E-state index is 12.8. The molecule has 1 aliphatic carbocycles. The fraction of sp³-hybridized carbons (Fsp3) is 0.500. The van der Waals surface area contributed by atoms with Crippen LogP contribution in [0.15, 0.2) is 18.2 Å². The number of piperazine rings is 1.